The fraction of sp³-hybridized carbons (Fsp3) is 0.324. The van der Waals surface area contributed by atoms with Gasteiger partial charge in [-0.15, -0.1) is 0 Å². The van der Waals surface area contributed by atoms with Crippen LogP contribution in [0.25, 0.3) is 22.4 Å². The lowest BCUT2D eigenvalue weighted by Gasteiger charge is -2.56. The van der Waals surface area contributed by atoms with Gasteiger partial charge in [0.2, 0.25) is 0 Å². The van der Waals surface area contributed by atoms with Crippen LogP contribution in [-0.4, -0.2) is 51.9 Å². The molecule has 2 aromatic heterocycles. The van der Waals surface area contributed by atoms with E-state index in [0.29, 0.717) is 35.2 Å². The maximum absolute atomic E-state index is 8.95. The summed E-state index contributed by atoms with van der Waals surface area (Å²) in [6.07, 6.45) is 9.62. The van der Waals surface area contributed by atoms with Crippen LogP contribution in [0.4, 0.5) is 5.82 Å². The van der Waals surface area contributed by atoms with Crippen molar-refractivity contribution in [2.24, 2.45) is 0 Å². The molecule has 40 heavy (non-hydrogen) atoms. The van der Waals surface area contributed by atoms with Gasteiger partial charge in [-0.05, 0) is 79.5 Å². The van der Waals surface area contributed by atoms with Gasteiger partial charge in [0.15, 0.2) is 0 Å². The van der Waals surface area contributed by atoms with E-state index in [2.05, 4.69) is 46.1 Å². The van der Waals surface area contributed by atoms with Gasteiger partial charge in [0, 0.05) is 52.8 Å². The summed E-state index contributed by atoms with van der Waals surface area (Å²) in [5, 5.41) is 8.95. The number of ether oxygens (including phenoxy) is 1. The Morgan fingerprint density at radius 3 is 2.35 bits per heavy atom. The summed E-state index contributed by atoms with van der Waals surface area (Å²) in [5.74, 6) is 0.375. The Bertz CT molecular complexity index is 1570. The highest BCUT2D eigenvalue weighted by atomic mass is 16.5. The molecule has 0 radical (unpaired) electrons. The maximum Gasteiger partial charge on any atom is 0.132 e. The average Bonchev–Trinajstić information content (AvgIpc) is 3.19. The molecule has 6 heteroatoms. The lowest BCUT2D eigenvalue weighted by molar-refractivity contribution is -0.148. The van der Waals surface area contributed by atoms with E-state index in [9.17, 15) is 0 Å². The summed E-state index contributed by atoms with van der Waals surface area (Å²) in [7, 11) is 0. The first-order chi connectivity index (χ1) is 19.5. The van der Waals surface area contributed by atoms with Crippen molar-refractivity contribution in [2.75, 3.05) is 18.9 Å². The zero-order valence-electron chi connectivity index (χ0n) is 22.9. The highest BCUT2D eigenvalue weighted by molar-refractivity contribution is 6.14. The van der Waals surface area contributed by atoms with Crippen LogP contribution < -0.4 is 5.73 Å². The Hall–Kier alpha value is -3.87. The number of aromatic nitrogens is 2. The second-order valence-electron chi connectivity index (χ2n) is 11.6. The number of nitrogens with one attached hydrogen (secondary N) is 1. The predicted octanol–water partition coefficient (Wildman–Crippen LogP) is 5.84. The summed E-state index contributed by atoms with van der Waals surface area (Å²) >= 11 is 0. The first kappa shape index (κ1) is 25.1. The first-order valence-electron chi connectivity index (χ1n) is 14.4. The number of nitrogen functional groups attached to an aromatic ring is 1. The summed E-state index contributed by atoms with van der Waals surface area (Å²) < 4.78 is 5.73. The Balaban J connectivity index is 1.11. The molecule has 0 amide bonds. The van der Waals surface area contributed by atoms with Gasteiger partial charge in [0.25, 0.3) is 0 Å². The fourth-order valence-corrected chi connectivity index (χ4v) is 6.82. The molecular weight excluding hydrogens is 494 g/mol. The molecule has 6 nitrogen and oxygen atoms in total. The van der Waals surface area contributed by atoms with E-state index in [1.54, 1.807) is 0 Å². The van der Waals surface area contributed by atoms with Crippen LogP contribution in [0.5, 0.6) is 0 Å². The van der Waals surface area contributed by atoms with Gasteiger partial charge in [-0.3, -0.25) is 15.3 Å². The number of hydrogen-bond donors (Lipinski definition) is 2. The van der Waals surface area contributed by atoms with Crippen molar-refractivity contribution in [3.8, 4) is 22.4 Å². The molecule has 2 bridgehead atoms. The largest absolute Gasteiger partial charge is 0.383 e. The second-order valence-corrected chi connectivity index (χ2v) is 11.6. The number of aryl methyl sites for hydroxylation is 3. The van der Waals surface area contributed by atoms with Gasteiger partial charge in [0.05, 0.1) is 24.6 Å². The van der Waals surface area contributed by atoms with E-state index in [4.69, 9.17) is 15.9 Å². The van der Waals surface area contributed by atoms with Crippen LogP contribution in [0, 0.1) is 12.3 Å². The van der Waals surface area contributed by atoms with E-state index in [-0.39, 0.29) is 0 Å². The molecule has 0 spiro atoms. The van der Waals surface area contributed by atoms with Crippen molar-refractivity contribution in [1.29, 1.82) is 5.41 Å². The van der Waals surface area contributed by atoms with Crippen molar-refractivity contribution in [3.05, 3.63) is 101 Å². The quantitative estimate of drug-likeness (QED) is 0.251. The molecule has 2 aliphatic heterocycles. The molecule has 2 fully saturated rings. The van der Waals surface area contributed by atoms with Gasteiger partial charge in [0.1, 0.15) is 5.82 Å². The highest BCUT2D eigenvalue weighted by Gasteiger charge is 2.45. The van der Waals surface area contributed by atoms with Gasteiger partial charge in [-0.2, -0.15) is 0 Å². The topological polar surface area (TPSA) is 88.1 Å². The number of nitrogens with zero attached hydrogens (tertiary/aromatic N) is 3. The molecule has 202 valence electrons. The summed E-state index contributed by atoms with van der Waals surface area (Å²) in [4.78, 5) is 11.7. The molecule has 1 aliphatic carbocycles. The van der Waals surface area contributed by atoms with Crippen molar-refractivity contribution < 1.29 is 4.74 Å². The SMILES string of the molecule is Cc1ccnc(-c2ccc(C(=N)c3cc(-c4ccc5c(c4)CC[C@@H](N4C6COCC4C6)CC5)cnc3N)cc2)c1. The fourth-order valence-electron chi connectivity index (χ4n) is 6.82. The molecule has 2 saturated heterocycles. The number of hydrogen-bond acceptors (Lipinski definition) is 6. The third-order valence-electron chi connectivity index (χ3n) is 9.04. The van der Waals surface area contributed by atoms with E-state index in [1.807, 2.05) is 48.8 Å². The monoisotopic (exact) mass is 529 g/mol. The summed E-state index contributed by atoms with van der Waals surface area (Å²) in [6, 6.07) is 22.8. The third-order valence-corrected chi connectivity index (χ3v) is 9.04. The maximum atomic E-state index is 8.95. The third kappa shape index (κ3) is 4.61. The van der Waals surface area contributed by atoms with Crippen LogP contribution in [0.15, 0.2) is 73.1 Å². The number of fused-ring (bicyclic) bond motifs is 3. The lowest BCUT2D eigenvalue weighted by atomic mass is 9.87. The van der Waals surface area contributed by atoms with Crippen LogP contribution in [-0.2, 0) is 17.6 Å². The van der Waals surface area contributed by atoms with Gasteiger partial charge in [-0.25, -0.2) is 4.98 Å². The van der Waals surface area contributed by atoms with Crippen molar-refractivity contribution in [3.63, 3.8) is 0 Å². The average molecular weight is 530 g/mol. The van der Waals surface area contributed by atoms with Crippen LogP contribution in [0.2, 0.25) is 0 Å². The molecule has 0 saturated carbocycles. The number of rotatable bonds is 5. The van der Waals surface area contributed by atoms with Crippen molar-refractivity contribution >= 4 is 11.5 Å². The van der Waals surface area contributed by atoms with Crippen LogP contribution in [0.3, 0.4) is 0 Å². The van der Waals surface area contributed by atoms with Crippen LogP contribution >= 0.6 is 0 Å². The zero-order valence-corrected chi connectivity index (χ0v) is 22.9. The Morgan fingerprint density at radius 2 is 1.60 bits per heavy atom. The van der Waals surface area contributed by atoms with Gasteiger partial charge in [-0.1, -0.05) is 42.5 Å². The minimum atomic E-state index is 0.372. The molecular formula is C34H35N5O. The Labute approximate surface area is 235 Å². The predicted molar refractivity (Wildman–Crippen MR) is 160 cm³/mol. The molecule has 3 atom stereocenters. The van der Waals surface area contributed by atoms with Gasteiger partial charge < -0.3 is 10.5 Å². The normalized spacial score (nSPS) is 22.2. The van der Waals surface area contributed by atoms with Crippen molar-refractivity contribution in [1.82, 2.24) is 14.9 Å². The van der Waals surface area contributed by atoms with Crippen molar-refractivity contribution in [2.45, 2.75) is 57.2 Å². The second kappa shape index (κ2) is 10.3. The summed E-state index contributed by atoms with van der Waals surface area (Å²) in [5.41, 5.74) is 16.3. The number of nitrogens with two attached hydrogens (primary N) is 1. The molecule has 4 heterocycles. The minimum Gasteiger partial charge on any atom is -0.383 e. The number of benzene rings is 2. The molecule has 2 unspecified atom stereocenters. The highest BCUT2D eigenvalue weighted by Crippen LogP contribution is 2.38. The standard InChI is InChI=1S/C34H35N5O/c1-21-12-13-37-32(14-21)23-3-5-24(6-4-23)33(35)31-16-27(18-38-34(31)36)26-7-2-22-8-10-28(11-9-25(22)15-26)39-29-17-30(39)20-40-19-29/h2-7,12-16,18,28-30,35H,8-11,17,19-20H2,1H3,(H2,36,38)/t28-,29?,30?/m0/s1. The molecule has 2 aromatic carbocycles. The lowest BCUT2D eigenvalue weighted by Crippen LogP contribution is -2.66. The van der Waals surface area contributed by atoms with E-state index < -0.39 is 0 Å². The zero-order chi connectivity index (χ0) is 27.2. The molecule has 4 aromatic rings. The molecule has 7 rings (SSSR count). The number of pyridine rings is 2. The molecule has 3 N–H and O–H groups in total. The van der Waals surface area contributed by atoms with E-state index in [1.165, 1.54) is 36.0 Å². The smallest absolute Gasteiger partial charge is 0.132 e. The Morgan fingerprint density at radius 1 is 0.850 bits per heavy atom. The Kier molecular flexibility index (Phi) is 6.45. The number of morpholine rings is 1. The van der Waals surface area contributed by atoms with E-state index >= 15 is 0 Å². The number of anilines is 1. The molecule has 3 aliphatic rings. The van der Waals surface area contributed by atoms with Crippen LogP contribution in [0.1, 0.15) is 47.1 Å². The first-order valence-corrected chi connectivity index (χ1v) is 14.4. The minimum absolute atomic E-state index is 0.372. The van der Waals surface area contributed by atoms with Gasteiger partial charge >= 0.3 is 0 Å². The van der Waals surface area contributed by atoms with E-state index in [0.717, 1.165) is 54.0 Å². The summed E-state index contributed by atoms with van der Waals surface area (Å²) in [6.45, 7) is 3.87.